The van der Waals surface area contributed by atoms with Gasteiger partial charge in [-0.1, -0.05) is 36.1 Å². The van der Waals surface area contributed by atoms with E-state index in [1.807, 2.05) is 30.3 Å². The third-order valence-electron chi connectivity index (χ3n) is 2.94. The Kier molecular flexibility index (Phi) is 4.54. The molecule has 21 heavy (non-hydrogen) atoms. The number of halogens is 3. The van der Waals surface area contributed by atoms with E-state index in [9.17, 15) is 13.2 Å². The first-order valence-electron chi connectivity index (χ1n) is 6.42. The molecule has 0 bridgehead atoms. The zero-order valence-electron chi connectivity index (χ0n) is 11.5. The average molecular weight is 289 g/mol. The molecular weight excluding hydrogens is 275 g/mol. The largest absolute Gasteiger partial charge is 0.416 e. The van der Waals surface area contributed by atoms with E-state index in [1.165, 1.54) is 6.07 Å². The summed E-state index contributed by atoms with van der Waals surface area (Å²) in [6.45, 7) is 2.05. The minimum atomic E-state index is -4.33. The highest BCUT2D eigenvalue weighted by molar-refractivity contribution is 5.54. The number of hydrogen-bond acceptors (Lipinski definition) is 1. The molecule has 1 nitrogen and oxygen atoms in total. The van der Waals surface area contributed by atoms with Crippen molar-refractivity contribution in [2.24, 2.45) is 0 Å². The maximum absolute atomic E-state index is 12.7. The lowest BCUT2D eigenvalue weighted by molar-refractivity contribution is -0.137. The van der Waals surface area contributed by atoms with Crippen molar-refractivity contribution >= 4 is 5.69 Å². The summed E-state index contributed by atoms with van der Waals surface area (Å²) in [5, 5.41) is 2.92. The van der Waals surface area contributed by atoms with Crippen LogP contribution in [0.25, 0.3) is 0 Å². The Labute approximate surface area is 121 Å². The van der Waals surface area contributed by atoms with Crippen molar-refractivity contribution in [1.29, 1.82) is 0 Å². The van der Waals surface area contributed by atoms with Crippen molar-refractivity contribution in [1.82, 2.24) is 0 Å². The number of nitrogens with one attached hydrogen (secondary N) is 1. The Morgan fingerprint density at radius 2 is 1.76 bits per heavy atom. The Morgan fingerprint density at radius 1 is 1.05 bits per heavy atom. The van der Waals surface area contributed by atoms with Crippen LogP contribution >= 0.6 is 0 Å². The highest BCUT2D eigenvalue weighted by Crippen LogP contribution is 2.31. The highest BCUT2D eigenvalue weighted by atomic mass is 19.4. The summed E-state index contributed by atoms with van der Waals surface area (Å²) >= 11 is 0. The first-order valence-corrected chi connectivity index (χ1v) is 6.42. The van der Waals surface area contributed by atoms with Crippen molar-refractivity contribution in [3.8, 4) is 11.8 Å². The van der Waals surface area contributed by atoms with Crippen molar-refractivity contribution in [2.45, 2.75) is 13.1 Å². The van der Waals surface area contributed by atoms with Crippen LogP contribution in [0.1, 0.15) is 16.7 Å². The molecule has 108 valence electrons. The fraction of sp³-hybridized carbons (Fsp3) is 0.176. The Morgan fingerprint density at radius 3 is 2.43 bits per heavy atom. The van der Waals surface area contributed by atoms with Gasteiger partial charge in [0.2, 0.25) is 0 Å². The summed E-state index contributed by atoms with van der Waals surface area (Å²) in [4.78, 5) is 0. The molecule has 2 aromatic rings. The van der Waals surface area contributed by atoms with Crippen molar-refractivity contribution in [2.75, 3.05) is 11.9 Å². The number of benzene rings is 2. The van der Waals surface area contributed by atoms with Crippen LogP contribution in [0.3, 0.4) is 0 Å². The van der Waals surface area contributed by atoms with Crippen LogP contribution in [0.4, 0.5) is 18.9 Å². The second-order valence-electron chi connectivity index (χ2n) is 4.55. The van der Waals surface area contributed by atoms with Gasteiger partial charge in [0.1, 0.15) is 0 Å². The molecule has 0 fully saturated rings. The Hall–Kier alpha value is -2.41. The summed E-state index contributed by atoms with van der Waals surface area (Å²) in [6, 6.07) is 13.1. The molecule has 0 aliphatic heterocycles. The quantitative estimate of drug-likeness (QED) is 0.804. The predicted octanol–water partition coefficient (Wildman–Crippen LogP) is 4.48. The SMILES string of the molecule is Cc1ccc(C(F)(F)F)cc1NCC#Cc1ccccc1. The first-order chi connectivity index (χ1) is 9.97. The molecule has 1 N–H and O–H groups in total. The molecule has 0 amide bonds. The molecule has 2 rings (SSSR count). The van der Waals surface area contributed by atoms with Crippen LogP contribution in [0.5, 0.6) is 0 Å². The monoisotopic (exact) mass is 289 g/mol. The molecule has 0 saturated carbocycles. The minimum Gasteiger partial charge on any atom is -0.374 e. The Bertz CT molecular complexity index is 664. The maximum atomic E-state index is 12.7. The fourth-order valence-electron chi connectivity index (χ4n) is 1.80. The van der Waals surface area contributed by atoms with Gasteiger partial charge in [-0.15, -0.1) is 0 Å². The van der Waals surface area contributed by atoms with Gasteiger partial charge in [0, 0.05) is 11.3 Å². The standard InChI is InChI=1S/C17H14F3N/c1-13-9-10-15(17(18,19)20)12-16(13)21-11-5-8-14-6-3-2-4-7-14/h2-4,6-7,9-10,12,21H,11H2,1H3. The van der Waals surface area contributed by atoms with Gasteiger partial charge in [0.15, 0.2) is 0 Å². The molecule has 0 spiro atoms. The molecule has 0 saturated heterocycles. The Balaban J connectivity index is 2.05. The molecule has 0 unspecified atom stereocenters. The van der Waals surface area contributed by atoms with Crippen LogP contribution in [-0.4, -0.2) is 6.54 Å². The van der Waals surface area contributed by atoms with Crippen molar-refractivity contribution in [3.63, 3.8) is 0 Å². The highest BCUT2D eigenvalue weighted by Gasteiger charge is 2.30. The van der Waals surface area contributed by atoms with Gasteiger partial charge in [0.25, 0.3) is 0 Å². The van der Waals surface area contributed by atoms with Gasteiger partial charge in [-0.25, -0.2) is 0 Å². The molecule has 4 heteroatoms. The minimum absolute atomic E-state index is 0.289. The average Bonchev–Trinajstić information content (AvgIpc) is 2.45. The third-order valence-corrected chi connectivity index (χ3v) is 2.94. The lowest BCUT2D eigenvalue weighted by Crippen LogP contribution is -2.07. The summed E-state index contributed by atoms with van der Waals surface area (Å²) in [6.07, 6.45) is -4.33. The van der Waals surface area contributed by atoms with E-state index >= 15 is 0 Å². The van der Waals surface area contributed by atoms with E-state index in [2.05, 4.69) is 17.2 Å². The van der Waals surface area contributed by atoms with E-state index < -0.39 is 11.7 Å². The van der Waals surface area contributed by atoms with Crippen LogP contribution in [-0.2, 0) is 6.18 Å². The summed E-state index contributed by atoms with van der Waals surface area (Å²) in [5.41, 5.74) is 1.42. The van der Waals surface area contributed by atoms with Gasteiger partial charge in [0.05, 0.1) is 12.1 Å². The van der Waals surface area contributed by atoms with Gasteiger partial charge in [-0.05, 0) is 36.8 Å². The lowest BCUT2D eigenvalue weighted by Gasteiger charge is -2.11. The van der Waals surface area contributed by atoms with E-state index in [-0.39, 0.29) is 6.54 Å². The number of alkyl halides is 3. The second-order valence-corrected chi connectivity index (χ2v) is 4.55. The number of aryl methyl sites for hydroxylation is 1. The van der Waals surface area contributed by atoms with Gasteiger partial charge in [-0.3, -0.25) is 0 Å². The molecule has 0 aliphatic carbocycles. The van der Waals surface area contributed by atoms with Crippen LogP contribution in [0, 0.1) is 18.8 Å². The zero-order valence-corrected chi connectivity index (χ0v) is 11.5. The molecule has 0 heterocycles. The van der Waals surface area contributed by atoms with E-state index in [1.54, 1.807) is 6.92 Å². The second kappa shape index (κ2) is 6.36. The predicted molar refractivity (Wildman–Crippen MR) is 78.0 cm³/mol. The van der Waals surface area contributed by atoms with Crippen molar-refractivity contribution < 1.29 is 13.2 Å². The molecule has 0 aromatic heterocycles. The van der Waals surface area contributed by atoms with Crippen molar-refractivity contribution in [3.05, 3.63) is 65.2 Å². The van der Waals surface area contributed by atoms with Crippen LogP contribution in [0.15, 0.2) is 48.5 Å². The molecule has 2 aromatic carbocycles. The number of rotatable bonds is 2. The van der Waals surface area contributed by atoms with E-state index in [0.717, 1.165) is 23.3 Å². The maximum Gasteiger partial charge on any atom is 0.416 e. The fourth-order valence-corrected chi connectivity index (χ4v) is 1.80. The van der Waals surface area contributed by atoms with Gasteiger partial charge < -0.3 is 5.32 Å². The summed E-state index contributed by atoms with van der Waals surface area (Å²) in [7, 11) is 0. The number of anilines is 1. The molecule has 0 atom stereocenters. The summed E-state index contributed by atoms with van der Waals surface area (Å²) < 4.78 is 38.0. The normalized spacial score (nSPS) is 10.7. The van der Waals surface area contributed by atoms with Crippen LogP contribution < -0.4 is 5.32 Å². The molecule has 0 radical (unpaired) electrons. The molecule has 0 aliphatic rings. The van der Waals surface area contributed by atoms with E-state index in [0.29, 0.717) is 5.69 Å². The van der Waals surface area contributed by atoms with E-state index in [4.69, 9.17) is 0 Å². The number of hydrogen-bond donors (Lipinski definition) is 1. The topological polar surface area (TPSA) is 12.0 Å². The third kappa shape index (κ3) is 4.28. The van der Waals surface area contributed by atoms with Gasteiger partial charge in [-0.2, -0.15) is 13.2 Å². The van der Waals surface area contributed by atoms with Crippen LogP contribution in [0.2, 0.25) is 0 Å². The summed E-state index contributed by atoms with van der Waals surface area (Å²) in [5.74, 6) is 5.84. The van der Waals surface area contributed by atoms with Gasteiger partial charge >= 0.3 is 6.18 Å². The smallest absolute Gasteiger partial charge is 0.374 e. The first kappa shape index (κ1) is 15.0. The zero-order chi connectivity index (χ0) is 15.3. The molecular formula is C17H14F3N. The lowest BCUT2D eigenvalue weighted by atomic mass is 10.1.